The first-order valence-corrected chi connectivity index (χ1v) is 7.30. The van der Waals surface area contributed by atoms with Crippen LogP contribution >= 0.6 is 27.5 Å². The summed E-state index contributed by atoms with van der Waals surface area (Å²) >= 11 is 9.12. The Balaban J connectivity index is 2.18. The standard InChI is InChI=1S/C14H11BrClNO3/c15-8-11-3-6-13(17(18)19)14(7-11)20-9-10-1-4-12(16)5-2-10/h1-7H,8-9H2. The fourth-order valence-corrected chi connectivity index (χ4v) is 2.12. The van der Waals surface area contributed by atoms with Crippen LogP contribution in [0.15, 0.2) is 42.5 Å². The third kappa shape index (κ3) is 3.71. The number of nitrogens with zero attached hydrogens (tertiary/aromatic N) is 1. The zero-order chi connectivity index (χ0) is 14.5. The molecule has 0 heterocycles. The molecule has 0 N–H and O–H groups in total. The maximum absolute atomic E-state index is 11.0. The number of hydrogen-bond donors (Lipinski definition) is 0. The van der Waals surface area contributed by atoms with Crippen molar-refractivity contribution < 1.29 is 9.66 Å². The Morgan fingerprint density at radius 1 is 1.15 bits per heavy atom. The molecule has 0 amide bonds. The van der Waals surface area contributed by atoms with Crippen LogP contribution in [0.25, 0.3) is 0 Å². The average molecular weight is 357 g/mol. The van der Waals surface area contributed by atoms with Gasteiger partial charge in [-0.05, 0) is 29.3 Å². The van der Waals surface area contributed by atoms with Gasteiger partial charge in [0.1, 0.15) is 6.61 Å². The number of hydrogen-bond acceptors (Lipinski definition) is 3. The Morgan fingerprint density at radius 2 is 1.80 bits per heavy atom. The molecular weight excluding hydrogens is 346 g/mol. The van der Waals surface area contributed by atoms with Crippen molar-refractivity contribution in [3.63, 3.8) is 0 Å². The van der Waals surface area contributed by atoms with Crippen LogP contribution in [0.5, 0.6) is 5.75 Å². The zero-order valence-electron chi connectivity index (χ0n) is 10.4. The lowest BCUT2D eigenvalue weighted by Gasteiger charge is -2.08. The van der Waals surface area contributed by atoms with Crippen LogP contribution in [-0.4, -0.2) is 4.92 Å². The summed E-state index contributed by atoms with van der Waals surface area (Å²) < 4.78 is 5.56. The lowest BCUT2D eigenvalue weighted by molar-refractivity contribution is -0.386. The van der Waals surface area contributed by atoms with Crippen LogP contribution in [0.3, 0.4) is 0 Å². The zero-order valence-corrected chi connectivity index (χ0v) is 12.7. The molecule has 0 radical (unpaired) electrons. The monoisotopic (exact) mass is 355 g/mol. The first-order chi connectivity index (χ1) is 9.60. The summed E-state index contributed by atoms with van der Waals surface area (Å²) in [5.74, 6) is 0.266. The van der Waals surface area contributed by atoms with E-state index in [2.05, 4.69) is 15.9 Å². The number of alkyl halides is 1. The van der Waals surface area contributed by atoms with E-state index in [1.54, 1.807) is 24.3 Å². The largest absolute Gasteiger partial charge is 0.482 e. The van der Waals surface area contributed by atoms with Gasteiger partial charge in [0.2, 0.25) is 0 Å². The van der Waals surface area contributed by atoms with E-state index >= 15 is 0 Å². The Morgan fingerprint density at radius 3 is 2.40 bits per heavy atom. The number of nitro groups is 1. The summed E-state index contributed by atoms with van der Waals surface area (Å²) in [5.41, 5.74) is 1.78. The molecule has 0 spiro atoms. The molecule has 0 aliphatic carbocycles. The second-order valence-corrected chi connectivity index (χ2v) is 5.11. The van der Waals surface area contributed by atoms with Crippen molar-refractivity contribution in [3.8, 4) is 5.75 Å². The summed E-state index contributed by atoms with van der Waals surface area (Å²) in [6.45, 7) is 0.254. The van der Waals surface area contributed by atoms with E-state index in [-0.39, 0.29) is 18.0 Å². The van der Waals surface area contributed by atoms with E-state index in [1.807, 2.05) is 12.1 Å². The highest BCUT2D eigenvalue weighted by atomic mass is 79.9. The number of ether oxygens (including phenoxy) is 1. The minimum Gasteiger partial charge on any atom is -0.482 e. The summed E-state index contributed by atoms with van der Waals surface area (Å²) in [7, 11) is 0. The van der Waals surface area contributed by atoms with Crippen LogP contribution in [0.1, 0.15) is 11.1 Å². The quantitative estimate of drug-likeness (QED) is 0.442. The third-order valence-corrected chi connectivity index (χ3v) is 3.58. The summed E-state index contributed by atoms with van der Waals surface area (Å²) in [6.07, 6.45) is 0. The molecule has 104 valence electrons. The predicted molar refractivity (Wildman–Crippen MR) is 81.5 cm³/mol. The van der Waals surface area contributed by atoms with Gasteiger partial charge in [-0.1, -0.05) is 45.7 Å². The molecule has 0 atom stereocenters. The maximum atomic E-state index is 11.0. The van der Waals surface area contributed by atoms with Crippen molar-refractivity contribution in [2.24, 2.45) is 0 Å². The van der Waals surface area contributed by atoms with E-state index < -0.39 is 4.92 Å². The van der Waals surface area contributed by atoms with Crippen molar-refractivity contribution in [2.45, 2.75) is 11.9 Å². The second-order valence-electron chi connectivity index (χ2n) is 4.11. The van der Waals surface area contributed by atoms with Crippen LogP contribution < -0.4 is 4.74 Å². The molecule has 0 unspecified atom stereocenters. The van der Waals surface area contributed by atoms with Crippen molar-refractivity contribution >= 4 is 33.2 Å². The van der Waals surface area contributed by atoms with Gasteiger partial charge < -0.3 is 4.74 Å². The molecule has 2 aromatic carbocycles. The molecule has 4 nitrogen and oxygen atoms in total. The first-order valence-electron chi connectivity index (χ1n) is 5.80. The number of halogens is 2. The van der Waals surface area contributed by atoms with Crippen molar-refractivity contribution in [3.05, 3.63) is 68.7 Å². The smallest absolute Gasteiger partial charge is 0.310 e. The van der Waals surface area contributed by atoms with E-state index in [1.165, 1.54) is 6.07 Å². The Hall–Kier alpha value is -1.59. The molecule has 0 bridgehead atoms. The topological polar surface area (TPSA) is 52.4 Å². The highest BCUT2D eigenvalue weighted by Crippen LogP contribution is 2.29. The van der Waals surface area contributed by atoms with Gasteiger partial charge in [-0.15, -0.1) is 0 Å². The van der Waals surface area contributed by atoms with Gasteiger partial charge in [0, 0.05) is 16.4 Å². The highest BCUT2D eigenvalue weighted by Gasteiger charge is 2.15. The molecule has 6 heteroatoms. The van der Waals surface area contributed by atoms with Crippen molar-refractivity contribution in [2.75, 3.05) is 0 Å². The molecule has 0 saturated heterocycles. The molecule has 0 aromatic heterocycles. The number of nitro benzene ring substituents is 1. The van der Waals surface area contributed by atoms with Crippen molar-refractivity contribution in [1.82, 2.24) is 0 Å². The van der Waals surface area contributed by atoms with Gasteiger partial charge in [0.15, 0.2) is 5.75 Å². The first kappa shape index (κ1) is 14.8. The molecule has 0 aliphatic rings. The van der Waals surface area contributed by atoms with Crippen LogP contribution in [0.2, 0.25) is 5.02 Å². The predicted octanol–water partition coefficient (Wildman–Crippen LogP) is 4.72. The minimum absolute atomic E-state index is 0.0383. The fraction of sp³-hybridized carbons (Fsp3) is 0.143. The van der Waals surface area contributed by atoms with Crippen LogP contribution in [0.4, 0.5) is 5.69 Å². The van der Waals surface area contributed by atoms with Gasteiger partial charge in [-0.3, -0.25) is 10.1 Å². The molecule has 0 saturated carbocycles. The summed E-state index contributed by atoms with van der Waals surface area (Å²) in [4.78, 5) is 10.5. The van der Waals surface area contributed by atoms with E-state index in [9.17, 15) is 10.1 Å². The molecule has 20 heavy (non-hydrogen) atoms. The molecule has 0 fully saturated rings. The van der Waals surface area contributed by atoms with Gasteiger partial charge in [-0.25, -0.2) is 0 Å². The average Bonchev–Trinajstić information content (AvgIpc) is 2.46. The second kappa shape index (κ2) is 6.72. The Labute approximate surface area is 129 Å². The lowest BCUT2D eigenvalue weighted by Crippen LogP contribution is -1.99. The van der Waals surface area contributed by atoms with Gasteiger partial charge in [0.25, 0.3) is 0 Å². The Kier molecular flexibility index (Phi) is 4.98. The summed E-state index contributed by atoms with van der Waals surface area (Å²) in [5, 5.41) is 12.2. The minimum atomic E-state index is -0.449. The highest BCUT2D eigenvalue weighted by molar-refractivity contribution is 9.08. The van der Waals surface area contributed by atoms with E-state index in [4.69, 9.17) is 16.3 Å². The van der Waals surface area contributed by atoms with Gasteiger partial charge in [0.05, 0.1) is 4.92 Å². The SMILES string of the molecule is O=[N+]([O-])c1ccc(CBr)cc1OCc1ccc(Cl)cc1. The fourth-order valence-electron chi connectivity index (χ4n) is 1.65. The molecular formula is C14H11BrClNO3. The molecule has 2 aromatic rings. The van der Waals surface area contributed by atoms with Gasteiger partial charge >= 0.3 is 5.69 Å². The number of rotatable bonds is 5. The normalized spacial score (nSPS) is 10.3. The Bertz CT molecular complexity index is 616. The van der Waals surface area contributed by atoms with Crippen molar-refractivity contribution in [1.29, 1.82) is 0 Å². The van der Waals surface area contributed by atoms with Crippen LogP contribution in [0, 0.1) is 10.1 Å². The molecule has 0 aliphatic heterocycles. The number of benzene rings is 2. The molecule has 2 rings (SSSR count). The maximum Gasteiger partial charge on any atom is 0.310 e. The van der Waals surface area contributed by atoms with E-state index in [0.29, 0.717) is 10.4 Å². The third-order valence-electron chi connectivity index (χ3n) is 2.68. The van der Waals surface area contributed by atoms with Crippen LogP contribution in [-0.2, 0) is 11.9 Å². The summed E-state index contributed by atoms with van der Waals surface area (Å²) in [6, 6.07) is 12.0. The van der Waals surface area contributed by atoms with E-state index in [0.717, 1.165) is 11.1 Å². The lowest BCUT2D eigenvalue weighted by atomic mass is 10.2. The van der Waals surface area contributed by atoms with Gasteiger partial charge in [-0.2, -0.15) is 0 Å².